The largest absolute Gasteiger partial charge is 0.497 e. The highest BCUT2D eigenvalue weighted by Crippen LogP contribution is 2.47. The minimum absolute atomic E-state index is 0.000589. The average molecular weight is 487 g/mol. The van der Waals surface area contributed by atoms with Gasteiger partial charge in [0.25, 0.3) is 0 Å². The lowest BCUT2D eigenvalue weighted by atomic mass is 9.88. The molecular formula is C29H27ClN2O3. The van der Waals surface area contributed by atoms with Gasteiger partial charge in [0.1, 0.15) is 5.75 Å². The Morgan fingerprint density at radius 3 is 2.60 bits per heavy atom. The van der Waals surface area contributed by atoms with E-state index in [9.17, 15) is 9.59 Å². The molecule has 1 unspecified atom stereocenters. The van der Waals surface area contributed by atoms with Crippen LogP contribution in [0.25, 0.3) is 5.57 Å². The molecule has 2 aliphatic rings. The third-order valence-corrected chi connectivity index (χ3v) is 7.13. The Hall–Kier alpha value is -3.57. The predicted molar refractivity (Wildman–Crippen MR) is 139 cm³/mol. The highest BCUT2D eigenvalue weighted by Gasteiger charge is 2.38. The fourth-order valence-electron chi connectivity index (χ4n) is 5.17. The van der Waals surface area contributed by atoms with Crippen LogP contribution < -0.4 is 10.1 Å². The first-order valence-electron chi connectivity index (χ1n) is 11.8. The number of carbonyl (C=O) groups is 2. The molecule has 1 atom stereocenters. The summed E-state index contributed by atoms with van der Waals surface area (Å²) in [6.45, 7) is 2.38. The van der Waals surface area contributed by atoms with Crippen molar-refractivity contribution in [2.45, 2.75) is 32.2 Å². The van der Waals surface area contributed by atoms with Gasteiger partial charge in [-0.3, -0.25) is 4.79 Å². The van der Waals surface area contributed by atoms with E-state index in [4.69, 9.17) is 16.3 Å². The molecule has 3 aromatic rings. The van der Waals surface area contributed by atoms with Gasteiger partial charge in [0.15, 0.2) is 5.78 Å². The summed E-state index contributed by atoms with van der Waals surface area (Å²) in [4.78, 5) is 28.0. The molecule has 0 spiro atoms. The van der Waals surface area contributed by atoms with Crippen molar-refractivity contribution in [2.24, 2.45) is 0 Å². The number of halogens is 1. The maximum absolute atomic E-state index is 13.7. The zero-order chi connectivity index (χ0) is 24.5. The normalized spacial score (nSPS) is 16.5. The van der Waals surface area contributed by atoms with Crippen LogP contribution in [0.5, 0.6) is 5.75 Å². The van der Waals surface area contributed by atoms with Crippen molar-refractivity contribution >= 4 is 34.7 Å². The number of anilines is 1. The van der Waals surface area contributed by atoms with Crippen LogP contribution in [0.2, 0.25) is 5.02 Å². The molecule has 0 saturated carbocycles. The van der Waals surface area contributed by atoms with Crippen LogP contribution in [0.15, 0.2) is 72.3 Å². The molecule has 3 aromatic carbocycles. The Labute approximate surface area is 210 Å². The van der Waals surface area contributed by atoms with Crippen LogP contribution in [0.1, 0.15) is 52.9 Å². The Morgan fingerprint density at radius 2 is 1.86 bits per heavy atom. The van der Waals surface area contributed by atoms with Crippen LogP contribution in [0.4, 0.5) is 10.5 Å². The van der Waals surface area contributed by atoms with E-state index in [1.165, 1.54) is 22.3 Å². The monoisotopic (exact) mass is 486 g/mol. The lowest BCUT2D eigenvalue weighted by Gasteiger charge is -2.38. The zero-order valence-corrected chi connectivity index (χ0v) is 20.6. The maximum Gasteiger partial charge on any atom is 0.322 e. The number of benzene rings is 3. The molecule has 1 N–H and O–H groups in total. The smallest absolute Gasteiger partial charge is 0.322 e. The molecule has 5 nitrogen and oxygen atoms in total. The van der Waals surface area contributed by atoms with Gasteiger partial charge in [-0.1, -0.05) is 48.9 Å². The van der Waals surface area contributed by atoms with Crippen molar-refractivity contribution in [3.63, 3.8) is 0 Å². The van der Waals surface area contributed by atoms with Crippen LogP contribution in [-0.4, -0.2) is 30.4 Å². The van der Waals surface area contributed by atoms with Crippen molar-refractivity contribution in [3.05, 3.63) is 99.6 Å². The number of Topliss-reactive ketones (excluding diaryl/α,β-unsaturated/α-hetero) is 1. The van der Waals surface area contributed by atoms with Gasteiger partial charge in [-0.25, -0.2) is 4.79 Å². The molecule has 1 aliphatic carbocycles. The van der Waals surface area contributed by atoms with E-state index in [0.717, 1.165) is 29.2 Å². The van der Waals surface area contributed by atoms with Gasteiger partial charge < -0.3 is 15.0 Å². The number of para-hydroxylation sites is 1. The molecular weight excluding hydrogens is 460 g/mol. The lowest BCUT2D eigenvalue weighted by Crippen LogP contribution is -2.42. The topological polar surface area (TPSA) is 58.6 Å². The van der Waals surface area contributed by atoms with E-state index in [2.05, 4.69) is 11.4 Å². The van der Waals surface area contributed by atoms with Gasteiger partial charge in [0.2, 0.25) is 0 Å². The molecule has 5 rings (SSSR count). The van der Waals surface area contributed by atoms with E-state index in [-0.39, 0.29) is 17.9 Å². The van der Waals surface area contributed by atoms with Gasteiger partial charge in [-0.05, 0) is 77.1 Å². The van der Waals surface area contributed by atoms with Crippen LogP contribution in [0, 0.1) is 0 Å². The van der Waals surface area contributed by atoms with E-state index in [1.807, 2.05) is 60.4 Å². The predicted octanol–water partition coefficient (Wildman–Crippen LogP) is 6.93. The number of ether oxygens (including phenoxy) is 1. The number of fused-ring (bicyclic) bond motifs is 2. The number of carbonyl (C=O) groups excluding carboxylic acids is 2. The van der Waals surface area contributed by atoms with Crippen molar-refractivity contribution in [1.29, 1.82) is 0 Å². The molecule has 0 aromatic heterocycles. The van der Waals surface area contributed by atoms with E-state index < -0.39 is 0 Å². The van der Waals surface area contributed by atoms with Crippen molar-refractivity contribution in [1.82, 2.24) is 4.90 Å². The average Bonchev–Trinajstić information content (AvgIpc) is 3.25. The first kappa shape index (κ1) is 23.2. The quantitative estimate of drug-likeness (QED) is 0.398. The van der Waals surface area contributed by atoms with Gasteiger partial charge in [0, 0.05) is 23.6 Å². The van der Waals surface area contributed by atoms with Crippen molar-refractivity contribution in [3.8, 4) is 5.75 Å². The van der Waals surface area contributed by atoms with Crippen molar-refractivity contribution in [2.75, 3.05) is 19.0 Å². The van der Waals surface area contributed by atoms with Gasteiger partial charge >= 0.3 is 6.03 Å². The fourth-order valence-corrected chi connectivity index (χ4v) is 5.35. The maximum atomic E-state index is 13.7. The summed E-state index contributed by atoms with van der Waals surface area (Å²) >= 11 is 6.32. The SMILES string of the molecule is CCC(=O)c1ccccc1NC(=O)N1CCC2=C(Cc3ccc(Cl)cc32)C1c1ccc(OC)cc1. The molecule has 2 amide bonds. The summed E-state index contributed by atoms with van der Waals surface area (Å²) in [7, 11) is 1.64. The number of rotatable bonds is 5. The lowest BCUT2D eigenvalue weighted by molar-refractivity contribution is 0.0989. The number of ketones is 1. The minimum Gasteiger partial charge on any atom is -0.497 e. The number of amides is 2. The number of urea groups is 1. The van der Waals surface area contributed by atoms with E-state index >= 15 is 0 Å². The molecule has 1 heterocycles. The van der Waals surface area contributed by atoms with E-state index in [1.54, 1.807) is 19.2 Å². The number of hydrogen-bond acceptors (Lipinski definition) is 3. The number of methoxy groups -OCH3 is 1. The molecule has 0 radical (unpaired) electrons. The molecule has 0 bridgehead atoms. The van der Waals surface area contributed by atoms with Crippen LogP contribution >= 0.6 is 11.6 Å². The Kier molecular flexibility index (Phi) is 6.35. The first-order valence-corrected chi connectivity index (χ1v) is 12.2. The Bertz CT molecular complexity index is 1330. The fraction of sp³-hybridized carbons (Fsp3) is 0.241. The van der Waals surface area contributed by atoms with Crippen LogP contribution in [0.3, 0.4) is 0 Å². The highest BCUT2D eigenvalue weighted by molar-refractivity contribution is 6.30. The van der Waals surface area contributed by atoms with E-state index in [0.29, 0.717) is 24.2 Å². The molecule has 0 fully saturated rings. The number of nitrogens with zero attached hydrogens (tertiary/aromatic N) is 1. The summed E-state index contributed by atoms with van der Waals surface area (Å²) in [6.07, 6.45) is 1.90. The second-order valence-electron chi connectivity index (χ2n) is 8.85. The third kappa shape index (κ3) is 4.32. The molecule has 178 valence electrons. The van der Waals surface area contributed by atoms with Gasteiger partial charge in [0.05, 0.1) is 18.8 Å². The highest BCUT2D eigenvalue weighted by atomic mass is 35.5. The summed E-state index contributed by atoms with van der Waals surface area (Å²) in [5.41, 5.74) is 7.00. The van der Waals surface area contributed by atoms with Crippen LogP contribution in [-0.2, 0) is 6.42 Å². The molecule has 35 heavy (non-hydrogen) atoms. The molecule has 6 heteroatoms. The number of hydrogen-bond donors (Lipinski definition) is 1. The zero-order valence-electron chi connectivity index (χ0n) is 19.8. The summed E-state index contributed by atoms with van der Waals surface area (Å²) in [6, 6.07) is 20.7. The standard InChI is InChI=1S/C29H27ClN2O3/c1-3-27(33)23-6-4-5-7-26(23)31-29(34)32-15-14-22-24-17-20(30)11-8-19(24)16-25(22)28(32)18-9-12-21(35-2)13-10-18/h4-13,17,28H,3,14-16H2,1-2H3,(H,31,34). The third-order valence-electron chi connectivity index (χ3n) is 6.89. The molecule has 1 aliphatic heterocycles. The summed E-state index contributed by atoms with van der Waals surface area (Å²) in [5, 5.41) is 3.74. The second-order valence-corrected chi connectivity index (χ2v) is 9.29. The van der Waals surface area contributed by atoms with Gasteiger partial charge in [-0.15, -0.1) is 0 Å². The molecule has 0 saturated heterocycles. The Morgan fingerprint density at radius 1 is 1.09 bits per heavy atom. The summed E-state index contributed by atoms with van der Waals surface area (Å²) < 4.78 is 5.36. The van der Waals surface area contributed by atoms with Crippen molar-refractivity contribution < 1.29 is 14.3 Å². The Balaban J connectivity index is 1.53. The van der Waals surface area contributed by atoms with Gasteiger partial charge in [-0.2, -0.15) is 0 Å². The number of nitrogens with one attached hydrogen (secondary N) is 1. The summed E-state index contributed by atoms with van der Waals surface area (Å²) in [5.74, 6) is 0.766. The second kappa shape index (κ2) is 9.59. The minimum atomic E-state index is -0.232. The first-order chi connectivity index (χ1) is 17.0.